The number of H-pyrrole nitrogens is 2. The Bertz CT molecular complexity index is 509. The lowest BCUT2D eigenvalue weighted by molar-refractivity contribution is -0.0232. The van der Waals surface area contributed by atoms with Crippen LogP contribution in [0.3, 0.4) is 0 Å². The van der Waals surface area contributed by atoms with Crippen LogP contribution in [0, 0.1) is 0 Å². The molecule has 1 fully saturated rings. The molecule has 17 heavy (non-hydrogen) atoms. The molecule has 8 heteroatoms. The maximum atomic E-state index is 11.5. The highest BCUT2D eigenvalue weighted by atomic mass is 16.6. The Morgan fingerprint density at radius 2 is 2.00 bits per heavy atom. The molecule has 5 N–H and O–H groups in total. The highest BCUT2D eigenvalue weighted by Gasteiger charge is 2.44. The van der Waals surface area contributed by atoms with Gasteiger partial charge in [0.1, 0.15) is 24.4 Å². The number of hydrogen-bond donors (Lipinski definition) is 5. The van der Waals surface area contributed by atoms with E-state index in [9.17, 15) is 19.8 Å². The van der Waals surface area contributed by atoms with Crippen molar-refractivity contribution in [2.24, 2.45) is 0 Å². The summed E-state index contributed by atoms with van der Waals surface area (Å²) >= 11 is 0. The quantitative estimate of drug-likeness (QED) is 0.382. The Kier molecular flexibility index (Phi) is 3.11. The van der Waals surface area contributed by atoms with Gasteiger partial charge in [-0.3, -0.25) is 9.78 Å². The van der Waals surface area contributed by atoms with Crippen molar-refractivity contribution in [3.63, 3.8) is 0 Å². The van der Waals surface area contributed by atoms with Gasteiger partial charge in [-0.15, -0.1) is 0 Å². The van der Waals surface area contributed by atoms with Crippen molar-refractivity contribution in [3.05, 3.63) is 32.6 Å². The fourth-order valence-electron chi connectivity index (χ4n) is 1.79. The zero-order valence-corrected chi connectivity index (χ0v) is 8.66. The van der Waals surface area contributed by atoms with E-state index in [1.807, 2.05) is 4.98 Å². The highest BCUT2D eigenvalue weighted by Crippen LogP contribution is 2.31. The number of rotatable bonds is 2. The van der Waals surface area contributed by atoms with Crippen molar-refractivity contribution < 1.29 is 20.1 Å². The molecule has 1 saturated heterocycles. The third kappa shape index (κ3) is 2.03. The molecule has 0 spiro atoms. The lowest BCUT2D eigenvalue weighted by Gasteiger charge is -2.13. The number of aromatic amines is 2. The van der Waals surface area contributed by atoms with Crippen LogP contribution in [0.4, 0.5) is 0 Å². The molecule has 0 saturated carbocycles. The van der Waals surface area contributed by atoms with Gasteiger partial charge in [0.05, 0.1) is 12.2 Å². The van der Waals surface area contributed by atoms with E-state index < -0.39 is 42.3 Å². The standard InChI is InChI=1S/C9H12N2O6/c12-2-4-5(13)6(14)7(17-4)3-1-10-9(16)11-8(3)15/h1,4-7,12-14H,2H2,(H2,10,11,15,16)/t4-,5?,6?,7+/m1/s1. The normalized spacial score (nSPS) is 32.9. The lowest BCUT2D eigenvalue weighted by Crippen LogP contribution is -2.34. The second kappa shape index (κ2) is 4.41. The van der Waals surface area contributed by atoms with E-state index in [-0.39, 0.29) is 5.56 Å². The highest BCUT2D eigenvalue weighted by molar-refractivity contribution is 5.13. The topological polar surface area (TPSA) is 136 Å². The van der Waals surface area contributed by atoms with Crippen LogP contribution in [0.5, 0.6) is 0 Å². The minimum Gasteiger partial charge on any atom is -0.394 e. The molecule has 0 radical (unpaired) electrons. The average molecular weight is 244 g/mol. The van der Waals surface area contributed by atoms with Crippen molar-refractivity contribution >= 4 is 0 Å². The monoisotopic (exact) mass is 244 g/mol. The summed E-state index contributed by atoms with van der Waals surface area (Å²) < 4.78 is 5.15. The van der Waals surface area contributed by atoms with Crippen LogP contribution >= 0.6 is 0 Å². The SMILES string of the molecule is O=c1[nH]cc([C@@H]2O[C@H](CO)C(O)C2O)c(=O)[nH]1. The second-order valence-corrected chi connectivity index (χ2v) is 3.79. The Labute approximate surface area is 94.5 Å². The molecule has 2 unspecified atom stereocenters. The van der Waals surface area contributed by atoms with Crippen molar-refractivity contribution in [1.82, 2.24) is 9.97 Å². The smallest absolute Gasteiger partial charge is 0.325 e. The van der Waals surface area contributed by atoms with Crippen molar-refractivity contribution in [1.29, 1.82) is 0 Å². The minimum atomic E-state index is -1.33. The van der Waals surface area contributed by atoms with Crippen LogP contribution in [-0.4, -0.2) is 50.2 Å². The Balaban J connectivity index is 2.35. The fourth-order valence-corrected chi connectivity index (χ4v) is 1.79. The third-order valence-corrected chi connectivity index (χ3v) is 2.70. The number of aliphatic hydroxyl groups excluding tert-OH is 3. The third-order valence-electron chi connectivity index (χ3n) is 2.70. The van der Waals surface area contributed by atoms with Gasteiger partial charge in [-0.05, 0) is 0 Å². The predicted octanol–water partition coefficient (Wildman–Crippen LogP) is -2.78. The van der Waals surface area contributed by atoms with Crippen molar-refractivity contribution in [3.8, 4) is 0 Å². The number of ether oxygens (including phenoxy) is 1. The summed E-state index contributed by atoms with van der Waals surface area (Å²) in [4.78, 5) is 26.5. The Morgan fingerprint density at radius 1 is 1.29 bits per heavy atom. The van der Waals surface area contributed by atoms with Gasteiger partial charge in [0.2, 0.25) is 0 Å². The van der Waals surface area contributed by atoms with Crippen molar-refractivity contribution in [2.45, 2.75) is 24.4 Å². The van der Waals surface area contributed by atoms with Gasteiger partial charge in [-0.25, -0.2) is 4.79 Å². The predicted molar refractivity (Wildman–Crippen MR) is 54.4 cm³/mol. The van der Waals surface area contributed by atoms with E-state index >= 15 is 0 Å². The molecule has 4 atom stereocenters. The molecule has 1 aliphatic rings. The lowest BCUT2D eigenvalue weighted by atomic mass is 10.0. The van der Waals surface area contributed by atoms with Gasteiger partial charge in [-0.1, -0.05) is 0 Å². The zero-order chi connectivity index (χ0) is 12.6. The van der Waals surface area contributed by atoms with Crippen LogP contribution < -0.4 is 11.2 Å². The van der Waals surface area contributed by atoms with E-state index in [0.29, 0.717) is 0 Å². The molecule has 0 amide bonds. The van der Waals surface area contributed by atoms with Gasteiger partial charge in [-0.2, -0.15) is 0 Å². The summed E-state index contributed by atoms with van der Waals surface area (Å²) in [6.07, 6.45) is -3.54. The second-order valence-electron chi connectivity index (χ2n) is 3.79. The minimum absolute atomic E-state index is 0.00731. The number of aliphatic hydroxyl groups is 3. The summed E-state index contributed by atoms with van der Waals surface area (Å²) in [5, 5.41) is 28.1. The van der Waals surface area contributed by atoms with E-state index in [2.05, 4.69) is 4.98 Å². The molecular formula is C9H12N2O6. The summed E-state index contributed by atoms with van der Waals surface area (Å²) in [6.45, 7) is -0.476. The summed E-state index contributed by atoms with van der Waals surface area (Å²) in [6, 6.07) is 0. The van der Waals surface area contributed by atoms with Crippen LogP contribution in [-0.2, 0) is 4.74 Å². The van der Waals surface area contributed by atoms with E-state index in [4.69, 9.17) is 9.84 Å². The van der Waals surface area contributed by atoms with Crippen LogP contribution in [0.15, 0.2) is 15.8 Å². The molecule has 0 aromatic carbocycles. The molecule has 2 rings (SSSR count). The maximum Gasteiger partial charge on any atom is 0.325 e. The van der Waals surface area contributed by atoms with E-state index in [1.54, 1.807) is 0 Å². The van der Waals surface area contributed by atoms with Gasteiger partial charge >= 0.3 is 5.69 Å². The first-order chi connectivity index (χ1) is 8.04. The summed E-state index contributed by atoms with van der Waals surface area (Å²) in [5.74, 6) is 0. The van der Waals surface area contributed by atoms with Crippen molar-refractivity contribution in [2.75, 3.05) is 6.61 Å². The van der Waals surface area contributed by atoms with Gasteiger partial charge in [0.15, 0.2) is 0 Å². The number of aromatic nitrogens is 2. The zero-order valence-electron chi connectivity index (χ0n) is 8.66. The molecule has 1 aromatic rings. The largest absolute Gasteiger partial charge is 0.394 e. The number of nitrogens with one attached hydrogen (secondary N) is 2. The van der Waals surface area contributed by atoms with Gasteiger partial charge in [0, 0.05) is 6.20 Å². The first kappa shape index (κ1) is 12.0. The summed E-state index contributed by atoms with van der Waals surface area (Å²) in [5.41, 5.74) is -1.39. The Hall–Kier alpha value is -1.48. The van der Waals surface area contributed by atoms with E-state index in [0.717, 1.165) is 6.20 Å². The van der Waals surface area contributed by atoms with Crippen LogP contribution in [0.2, 0.25) is 0 Å². The summed E-state index contributed by atoms with van der Waals surface area (Å²) in [7, 11) is 0. The maximum absolute atomic E-state index is 11.5. The van der Waals surface area contributed by atoms with Crippen LogP contribution in [0.1, 0.15) is 11.7 Å². The first-order valence-electron chi connectivity index (χ1n) is 4.99. The van der Waals surface area contributed by atoms with Crippen LogP contribution in [0.25, 0.3) is 0 Å². The molecule has 1 aliphatic heterocycles. The first-order valence-corrected chi connectivity index (χ1v) is 4.99. The number of hydrogen-bond acceptors (Lipinski definition) is 6. The fraction of sp³-hybridized carbons (Fsp3) is 0.556. The molecule has 94 valence electrons. The van der Waals surface area contributed by atoms with Gasteiger partial charge < -0.3 is 25.0 Å². The molecule has 8 nitrogen and oxygen atoms in total. The molecule has 0 bridgehead atoms. The molecule has 2 heterocycles. The van der Waals surface area contributed by atoms with Gasteiger partial charge in [0.25, 0.3) is 5.56 Å². The molecule has 1 aromatic heterocycles. The average Bonchev–Trinajstić information content (AvgIpc) is 2.57. The molecule has 0 aliphatic carbocycles. The Morgan fingerprint density at radius 3 is 2.53 bits per heavy atom. The van der Waals surface area contributed by atoms with E-state index in [1.165, 1.54) is 0 Å². The molecular weight excluding hydrogens is 232 g/mol.